The maximum atomic E-state index is 12.6. The summed E-state index contributed by atoms with van der Waals surface area (Å²) in [7, 11) is 0. The van der Waals surface area contributed by atoms with E-state index in [9.17, 15) is 9.90 Å². The van der Waals surface area contributed by atoms with Gasteiger partial charge in [-0.25, -0.2) is 4.79 Å². The number of halogens is 1. The summed E-state index contributed by atoms with van der Waals surface area (Å²) in [6, 6.07) is 5.42. The highest BCUT2D eigenvalue weighted by Gasteiger charge is 2.31. The van der Waals surface area contributed by atoms with E-state index in [1.165, 1.54) is 12.8 Å². The van der Waals surface area contributed by atoms with Crippen LogP contribution in [0.2, 0.25) is 5.02 Å². The highest BCUT2D eigenvalue weighted by Crippen LogP contribution is 2.31. The summed E-state index contributed by atoms with van der Waals surface area (Å²) in [6.45, 7) is 4.84. The Balaban J connectivity index is 1.68. The van der Waals surface area contributed by atoms with E-state index in [0.717, 1.165) is 31.6 Å². The number of likely N-dealkylation sites (tertiary alicyclic amines) is 1. The van der Waals surface area contributed by atoms with Crippen LogP contribution >= 0.6 is 11.6 Å². The lowest BCUT2D eigenvalue weighted by molar-refractivity contribution is 0.0811. The number of hydrogen-bond acceptors (Lipinski definition) is 3. The van der Waals surface area contributed by atoms with Crippen LogP contribution in [0.15, 0.2) is 18.2 Å². The minimum atomic E-state index is -0.161. The van der Waals surface area contributed by atoms with Gasteiger partial charge in [0, 0.05) is 25.3 Å². The number of hydrogen-bond donors (Lipinski definition) is 2. The second-order valence-electron chi connectivity index (χ2n) is 6.85. The molecule has 2 amide bonds. The van der Waals surface area contributed by atoms with Crippen LogP contribution in [0.1, 0.15) is 32.6 Å². The molecule has 0 bridgehead atoms. The lowest BCUT2D eigenvalue weighted by Crippen LogP contribution is -2.51. The summed E-state index contributed by atoms with van der Waals surface area (Å²) in [5, 5.41) is 13.2. The summed E-state index contributed by atoms with van der Waals surface area (Å²) in [6.07, 6.45) is 4.42. The van der Waals surface area contributed by atoms with Crippen molar-refractivity contribution in [2.24, 2.45) is 5.92 Å². The molecule has 0 aliphatic carbocycles. The normalized spacial score (nSPS) is 24.3. The summed E-state index contributed by atoms with van der Waals surface area (Å²) < 4.78 is 0. The van der Waals surface area contributed by atoms with Crippen LogP contribution in [0.5, 0.6) is 0 Å². The number of amides is 2. The van der Waals surface area contributed by atoms with Crippen LogP contribution in [0.4, 0.5) is 16.2 Å². The number of carbonyl (C=O) groups is 1. The molecule has 1 aromatic rings. The van der Waals surface area contributed by atoms with Crippen molar-refractivity contribution in [1.29, 1.82) is 0 Å². The van der Waals surface area contributed by atoms with Gasteiger partial charge in [0.05, 0.1) is 23.4 Å². The van der Waals surface area contributed by atoms with Gasteiger partial charge < -0.3 is 20.2 Å². The van der Waals surface area contributed by atoms with Gasteiger partial charge >= 0.3 is 6.03 Å². The summed E-state index contributed by atoms with van der Waals surface area (Å²) >= 11 is 6.41. The van der Waals surface area contributed by atoms with Crippen molar-refractivity contribution in [2.75, 3.05) is 36.5 Å². The SMILES string of the molecule is CC1CCCN(C(=O)Nc2ccc(N3CCCC3)c(Cl)c2)C1CO. The van der Waals surface area contributed by atoms with E-state index < -0.39 is 0 Å². The van der Waals surface area contributed by atoms with Gasteiger partial charge in [-0.2, -0.15) is 0 Å². The van der Waals surface area contributed by atoms with Crippen LogP contribution in [0, 0.1) is 5.92 Å². The summed E-state index contributed by atoms with van der Waals surface area (Å²) in [5.74, 6) is 0.315. The first-order valence-electron chi connectivity index (χ1n) is 8.83. The van der Waals surface area contributed by atoms with E-state index in [4.69, 9.17) is 11.6 Å². The van der Waals surface area contributed by atoms with E-state index in [0.29, 0.717) is 23.2 Å². The Morgan fingerprint density at radius 3 is 2.71 bits per heavy atom. The van der Waals surface area contributed by atoms with E-state index in [-0.39, 0.29) is 18.7 Å². The van der Waals surface area contributed by atoms with Crippen molar-refractivity contribution in [3.05, 3.63) is 23.2 Å². The molecule has 2 heterocycles. The molecule has 3 rings (SSSR count). The zero-order valence-corrected chi connectivity index (χ0v) is 14.9. The minimum absolute atomic E-state index is 0.00321. The van der Waals surface area contributed by atoms with Gasteiger partial charge in [-0.1, -0.05) is 18.5 Å². The fourth-order valence-electron chi connectivity index (χ4n) is 3.77. The summed E-state index contributed by atoms with van der Waals surface area (Å²) in [5.41, 5.74) is 1.73. The Morgan fingerprint density at radius 1 is 1.29 bits per heavy atom. The largest absolute Gasteiger partial charge is 0.394 e. The fourth-order valence-corrected chi connectivity index (χ4v) is 4.07. The third kappa shape index (κ3) is 3.62. The second kappa shape index (κ2) is 7.62. The van der Waals surface area contributed by atoms with Gasteiger partial charge in [-0.05, 0) is 49.8 Å². The molecule has 5 nitrogen and oxygen atoms in total. The van der Waals surface area contributed by atoms with E-state index >= 15 is 0 Å². The molecule has 24 heavy (non-hydrogen) atoms. The van der Waals surface area contributed by atoms with Crippen LogP contribution in [-0.4, -0.2) is 48.3 Å². The van der Waals surface area contributed by atoms with Gasteiger partial charge in [-0.15, -0.1) is 0 Å². The Bertz CT molecular complexity index is 590. The number of nitrogens with one attached hydrogen (secondary N) is 1. The smallest absolute Gasteiger partial charge is 0.322 e. The van der Waals surface area contributed by atoms with E-state index in [2.05, 4.69) is 17.1 Å². The monoisotopic (exact) mass is 351 g/mol. The van der Waals surface area contributed by atoms with Crippen molar-refractivity contribution in [3.8, 4) is 0 Å². The number of carbonyl (C=O) groups excluding carboxylic acids is 1. The molecule has 0 saturated carbocycles. The Hall–Kier alpha value is -1.46. The minimum Gasteiger partial charge on any atom is -0.394 e. The van der Waals surface area contributed by atoms with Crippen molar-refractivity contribution in [3.63, 3.8) is 0 Å². The molecular formula is C18H26ClN3O2. The molecule has 2 aliphatic heterocycles. The van der Waals surface area contributed by atoms with E-state index in [1.54, 1.807) is 4.90 Å². The number of nitrogens with zero attached hydrogens (tertiary/aromatic N) is 2. The molecule has 1 aromatic carbocycles. The molecule has 2 N–H and O–H groups in total. The van der Waals surface area contributed by atoms with E-state index in [1.807, 2.05) is 18.2 Å². The van der Waals surface area contributed by atoms with Crippen LogP contribution in [-0.2, 0) is 0 Å². The maximum absolute atomic E-state index is 12.6. The van der Waals surface area contributed by atoms with Gasteiger partial charge in [0.25, 0.3) is 0 Å². The molecule has 0 spiro atoms. The Kier molecular flexibility index (Phi) is 5.51. The number of benzene rings is 1. The van der Waals surface area contributed by atoms with Gasteiger partial charge in [0.2, 0.25) is 0 Å². The first kappa shape index (κ1) is 17.4. The maximum Gasteiger partial charge on any atom is 0.322 e. The van der Waals surface area contributed by atoms with Gasteiger partial charge in [-0.3, -0.25) is 0 Å². The number of aliphatic hydroxyl groups excluding tert-OH is 1. The number of aliphatic hydroxyl groups is 1. The molecule has 2 saturated heterocycles. The molecule has 6 heteroatoms. The van der Waals surface area contributed by atoms with Crippen molar-refractivity contribution >= 4 is 29.0 Å². The van der Waals surface area contributed by atoms with Gasteiger partial charge in [0.15, 0.2) is 0 Å². The van der Waals surface area contributed by atoms with Crippen LogP contribution < -0.4 is 10.2 Å². The number of urea groups is 1. The zero-order valence-electron chi connectivity index (χ0n) is 14.2. The molecule has 2 unspecified atom stereocenters. The first-order chi connectivity index (χ1) is 11.6. The predicted octanol–water partition coefficient (Wildman–Crippen LogP) is 3.56. The van der Waals surface area contributed by atoms with Crippen molar-refractivity contribution < 1.29 is 9.90 Å². The molecule has 0 aromatic heterocycles. The highest BCUT2D eigenvalue weighted by molar-refractivity contribution is 6.33. The fraction of sp³-hybridized carbons (Fsp3) is 0.611. The predicted molar refractivity (Wildman–Crippen MR) is 97.9 cm³/mol. The molecule has 2 fully saturated rings. The number of piperidine rings is 1. The van der Waals surface area contributed by atoms with Crippen molar-refractivity contribution in [2.45, 2.75) is 38.6 Å². The standard InChI is InChI=1S/C18H26ClN3O2/c1-13-5-4-10-22(17(13)12-23)18(24)20-14-6-7-16(15(19)11-14)21-8-2-3-9-21/h6-7,11,13,17,23H,2-5,8-10,12H2,1H3,(H,20,24). The zero-order chi connectivity index (χ0) is 17.1. The average molecular weight is 352 g/mol. The van der Waals surface area contributed by atoms with Crippen LogP contribution in [0.3, 0.4) is 0 Å². The first-order valence-corrected chi connectivity index (χ1v) is 9.21. The Labute approximate surface area is 148 Å². The number of rotatable bonds is 3. The quantitative estimate of drug-likeness (QED) is 0.875. The molecule has 0 radical (unpaired) electrons. The molecular weight excluding hydrogens is 326 g/mol. The van der Waals surface area contributed by atoms with Crippen molar-refractivity contribution in [1.82, 2.24) is 4.90 Å². The molecule has 132 valence electrons. The van der Waals surface area contributed by atoms with Gasteiger partial charge in [0.1, 0.15) is 0 Å². The number of anilines is 2. The Morgan fingerprint density at radius 2 is 2.04 bits per heavy atom. The van der Waals surface area contributed by atoms with Crippen LogP contribution in [0.25, 0.3) is 0 Å². The average Bonchev–Trinajstić information content (AvgIpc) is 3.09. The topological polar surface area (TPSA) is 55.8 Å². The third-order valence-corrected chi connectivity index (χ3v) is 5.51. The highest BCUT2D eigenvalue weighted by atomic mass is 35.5. The summed E-state index contributed by atoms with van der Waals surface area (Å²) in [4.78, 5) is 16.6. The lowest BCUT2D eigenvalue weighted by atomic mass is 9.91. The molecule has 2 atom stereocenters. The third-order valence-electron chi connectivity index (χ3n) is 5.21. The molecule has 2 aliphatic rings. The lowest BCUT2D eigenvalue weighted by Gasteiger charge is -2.38. The second-order valence-corrected chi connectivity index (χ2v) is 7.26.